The molecule has 0 aliphatic carbocycles. The van der Waals surface area contributed by atoms with Crippen LogP contribution >= 0.6 is 11.6 Å². The van der Waals surface area contributed by atoms with E-state index in [9.17, 15) is 22.8 Å². The largest absolute Gasteiger partial charge is 0.418 e. The monoisotopic (exact) mass is 410 g/mol. The number of halogens is 4. The van der Waals surface area contributed by atoms with Crippen LogP contribution in [0.3, 0.4) is 0 Å². The summed E-state index contributed by atoms with van der Waals surface area (Å²) in [5, 5.41) is 2.88. The molecule has 1 fully saturated rings. The molecule has 0 saturated carbocycles. The van der Waals surface area contributed by atoms with Crippen LogP contribution in [0.1, 0.15) is 28.8 Å². The Hall–Kier alpha value is -2.54. The number of para-hydroxylation sites is 1. The van der Waals surface area contributed by atoms with Crippen molar-refractivity contribution in [2.75, 3.05) is 18.4 Å². The van der Waals surface area contributed by atoms with E-state index in [0.717, 1.165) is 6.07 Å². The number of benzene rings is 2. The van der Waals surface area contributed by atoms with Crippen LogP contribution in [0.5, 0.6) is 0 Å². The molecule has 0 spiro atoms. The van der Waals surface area contributed by atoms with E-state index >= 15 is 0 Å². The highest BCUT2D eigenvalue weighted by Gasteiger charge is 2.34. The average molecular weight is 411 g/mol. The van der Waals surface area contributed by atoms with Crippen molar-refractivity contribution in [2.24, 2.45) is 5.92 Å². The molecule has 4 nitrogen and oxygen atoms in total. The maximum absolute atomic E-state index is 13.1. The lowest BCUT2D eigenvalue weighted by atomic mass is 9.89. The van der Waals surface area contributed by atoms with Gasteiger partial charge in [0.25, 0.3) is 0 Å². The number of anilines is 1. The van der Waals surface area contributed by atoms with Crippen LogP contribution in [-0.4, -0.2) is 29.8 Å². The Morgan fingerprint density at radius 1 is 1.00 bits per heavy atom. The van der Waals surface area contributed by atoms with E-state index in [2.05, 4.69) is 5.32 Å². The van der Waals surface area contributed by atoms with E-state index in [1.807, 2.05) is 0 Å². The van der Waals surface area contributed by atoms with Gasteiger partial charge in [0.15, 0.2) is 5.78 Å². The lowest BCUT2D eigenvalue weighted by Gasteiger charge is -2.31. The predicted octanol–water partition coefficient (Wildman–Crippen LogP) is 5.49. The number of nitrogens with one attached hydrogen (secondary N) is 1. The Kier molecular flexibility index (Phi) is 5.93. The smallest absolute Gasteiger partial charge is 0.324 e. The molecule has 2 aromatic rings. The number of Topliss-reactive ketones (excluding diaryl/α,β-unsaturated/α-hetero) is 1. The molecule has 28 heavy (non-hydrogen) atoms. The first-order valence-electron chi connectivity index (χ1n) is 8.77. The number of amides is 2. The Labute approximate surface area is 165 Å². The van der Waals surface area contributed by atoms with Gasteiger partial charge in [-0.15, -0.1) is 0 Å². The Bertz CT molecular complexity index is 860. The van der Waals surface area contributed by atoms with Crippen molar-refractivity contribution < 1.29 is 22.8 Å². The number of urea groups is 1. The van der Waals surface area contributed by atoms with Gasteiger partial charge in [-0.25, -0.2) is 4.79 Å². The molecule has 1 aliphatic heterocycles. The molecule has 1 heterocycles. The number of rotatable bonds is 3. The minimum atomic E-state index is -4.55. The van der Waals surface area contributed by atoms with E-state index in [1.165, 1.54) is 23.1 Å². The topological polar surface area (TPSA) is 49.4 Å². The number of ketones is 1. The minimum absolute atomic E-state index is 0.0147. The highest BCUT2D eigenvalue weighted by molar-refractivity contribution is 6.30. The summed E-state index contributed by atoms with van der Waals surface area (Å²) < 4.78 is 39.2. The molecule has 0 atom stereocenters. The first-order chi connectivity index (χ1) is 13.3. The zero-order chi connectivity index (χ0) is 20.3. The first kappa shape index (κ1) is 20.2. The lowest BCUT2D eigenvalue weighted by molar-refractivity contribution is -0.136. The molecule has 0 aromatic heterocycles. The van der Waals surface area contributed by atoms with E-state index in [1.54, 1.807) is 24.3 Å². The second-order valence-electron chi connectivity index (χ2n) is 6.61. The number of carbonyl (C=O) groups is 2. The summed E-state index contributed by atoms with van der Waals surface area (Å²) in [6.07, 6.45) is -3.65. The molecule has 0 unspecified atom stereocenters. The third-order valence-electron chi connectivity index (χ3n) is 4.76. The van der Waals surface area contributed by atoms with Crippen LogP contribution in [0, 0.1) is 5.92 Å². The van der Waals surface area contributed by atoms with E-state index in [4.69, 9.17) is 11.6 Å². The summed E-state index contributed by atoms with van der Waals surface area (Å²) in [5.74, 6) is -0.244. The molecule has 2 aromatic carbocycles. The van der Waals surface area contributed by atoms with Crippen molar-refractivity contribution in [1.82, 2.24) is 4.90 Å². The van der Waals surface area contributed by atoms with Crippen LogP contribution in [0.2, 0.25) is 5.02 Å². The van der Waals surface area contributed by atoms with Crippen LogP contribution in [0.4, 0.5) is 23.7 Å². The van der Waals surface area contributed by atoms with Gasteiger partial charge >= 0.3 is 12.2 Å². The van der Waals surface area contributed by atoms with Crippen molar-refractivity contribution in [3.63, 3.8) is 0 Å². The van der Waals surface area contributed by atoms with Gasteiger partial charge in [0.2, 0.25) is 0 Å². The summed E-state index contributed by atoms with van der Waals surface area (Å²) in [6, 6.07) is 10.9. The van der Waals surface area contributed by atoms with Gasteiger partial charge in [0, 0.05) is 29.6 Å². The summed E-state index contributed by atoms with van der Waals surface area (Å²) in [5.41, 5.74) is -0.609. The highest BCUT2D eigenvalue weighted by atomic mass is 35.5. The molecule has 1 N–H and O–H groups in total. The molecule has 148 valence electrons. The number of likely N-dealkylation sites (tertiary alicyclic amines) is 1. The van der Waals surface area contributed by atoms with E-state index in [-0.39, 0.29) is 17.4 Å². The Balaban J connectivity index is 1.60. The highest BCUT2D eigenvalue weighted by Crippen LogP contribution is 2.34. The van der Waals surface area contributed by atoms with Crippen molar-refractivity contribution in [1.29, 1.82) is 0 Å². The normalized spacial score (nSPS) is 15.4. The molecule has 0 bridgehead atoms. The van der Waals surface area contributed by atoms with Gasteiger partial charge in [-0.1, -0.05) is 23.7 Å². The zero-order valence-electron chi connectivity index (χ0n) is 14.8. The first-order valence-corrected chi connectivity index (χ1v) is 9.15. The number of hydrogen-bond donors (Lipinski definition) is 1. The van der Waals surface area contributed by atoms with Gasteiger partial charge in [0.1, 0.15) is 0 Å². The van der Waals surface area contributed by atoms with Crippen LogP contribution in [-0.2, 0) is 6.18 Å². The third-order valence-corrected chi connectivity index (χ3v) is 5.01. The molecule has 1 saturated heterocycles. The molecular formula is C20H18ClF3N2O2. The third kappa shape index (κ3) is 4.65. The van der Waals surface area contributed by atoms with Crippen molar-refractivity contribution >= 4 is 29.1 Å². The van der Waals surface area contributed by atoms with Gasteiger partial charge in [0.05, 0.1) is 11.3 Å². The second kappa shape index (κ2) is 8.22. The van der Waals surface area contributed by atoms with E-state index < -0.39 is 17.8 Å². The zero-order valence-corrected chi connectivity index (χ0v) is 15.6. The van der Waals surface area contributed by atoms with Gasteiger partial charge in [-0.2, -0.15) is 13.2 Å². The molecule has 2 amide bonds. The number of nitrogens with zero attached hydrogens (tertiary/aromatic N) is 1. The molecule has 1 aliphatic rings. The quantitative estimate of drug-likeness (QED) is 0.680. The fraction of sp³-hybridized carbons (Fsp3) is 0.300. The minimum Gasteiger partial charge on any atom is -0.324 e. The number of carbonyl (C=O) groups excluding carboxylic acids is 2. The Morgan fingerprint density at radius 3 is 2.21 bits per heavy atom. The fourth-order valence-electron chi connectivity index (χ4n) is 3.23. The maximum atomic E-state index is 13.1. The average Bonchev–Trinajstić information content (AvgIpc) is 2.68. The van der Waals surface area contributed by atoms with Gasteiger partial charge in [-0.3, -0.25) is 4.79 Å². The summed E-state index contributed by atoms with van der Waals surface area (Å²) >= 11 is 5.83. The van der Waals surface area contributed by atoms with Crippen molar-refractivity contribution in [3.05, 3.63) is 64.7 Å². The van der Waals surface area contributed by atoms with Crippen LogP contribution in [0.25, 0.3) is 0 Å². The van der Waals surface area contributed by atoms with Gasteiger partial charge in [-0.05, 0) is 49.2 Å². The molecule has 8 heteroatoms. The lowest BCUT2D eigenvalue weighted by Crippen LogP contribution is -2.42. The number of piperidine rings is 1. The SMILES string of the molecule is O=C(c1ccc(Cl)cc1)C1CCN(C(=O)Nc2ccccc2C(F)(F)F)CC1. The summed E-state index contributed by atoms with van der Waals surface area (Å²) in [6.45, 7) is 0.591. The number of hydrogen-bond acceptors (Lipinski definition) is 2. The van der Waals surface area contributed by atoms with Crippen molar-refractivity contribution in [2.45, 2.75) is 19.0 Å². The van der Waals surface area contributed by atoms with Gasteiger partial charge < -0.3 is 10.2 Å². The van der Waals surface area contributed by atoms with Crippen LogP contribution in [0.15, 0.2) is 48.5 Å². The maximum Gasteiger partial charge on any atom is 0.418 e. The standard InChI is InChI=1S/C20H18ClF3N2O2/c21-15-7-5-13(6-8-15)18(27)14-9-11-26(12-10-14)19(28)25-17-4-2-1-3-16(17)20(22,23)24/h1-8,14H,9-12H2,(H,25,28). The fourth-order valence-corrected chi connectivity index (χ4v) is 3.35. The summed E-state index contributed by atoms with van der Waals surface area (Å²) in [7, 11) is 0. The van der Waals surface area contributed by atoms with Crippen molar-refractivity contribution in [3.8, 4) is 0 Å². The summed E-state index contributed by atoms with van der Waals surface area (Å²) in [4.78, 5) is 26.4. The Morgan fingerprint density at radius 2 is 1.61 bits per heavy atom. The molecule has 3 rings (SSSR count). The molecule has 0 radical (unpaired) electrons. The predicted molar refractivity (Wildman–Crippen MR) is 101 cm³/mol. The second-order valence-corrected chi connectivity index (χ2v) is 7.04. The van der Waals surface area contributed by atoms with E-state index in [0.29, 0.717) is 36.5 Å². The number of alkyl halides is 3. The van der Waals surface area contributed by atoms with Crippen LogP contribution < -0.4 is 5.32 Å². The molecular weight excluding hydrogens is 393 g/mol.